The first-order valence-electron chi connectivity index (χ1n) is 13.6. The number of fused-ring (bicyclic) bond motifs is 5. The van der Waals surface area contributed by atoms with Gasteiger partial charge in [-0.1, -0.05) is 65.5 Å². The molecule has 0 aliphatic heterocycles. The molecule has 2 nitrogen and oxygen atoms in total. The van der Waals surface area contributed by atoms with Crippen molar-refractivity contribution in [3.8, 4) is 0 Å². The molecule has 0 bridgehead atoms. The van der Waals surface area contributed by atoms with Crippen molar-refractivity contribution in [1.82, 2.24) is 0 Å². The van der Waals surface area contributed by atoms with E-state index in [1.165, 1.54) is 70.6 Å². The van der Waals surface area contributed by atoms with E-state index in [-0.39, 0.29) is 6.10 Å². The smallest absolute Gasteiger partial charge is 0.147 e. The van der Waals surface area contributed by atoms with Gasteiger partial charge in [0.05, 0.1) is 6.10 Å². The lowest BCUT2D eigenvalue weighted by atomic mass is 9.46. The van der Waals surface area contributed by atoms with E-state index in [0.29, 0.717) is 17.6 Å². The quantitative estimate of drug-likeness (QED) is 0.287. The van der Waals surface area contributed by atoms with Gasteiger partial charge in [0.25, 0.3) is 0 Å². The minimum Gasteiger partial charge on any atom is -0.359 e. The molecule has 0 spiro atoms. The minimum absolute atomic E-state index is 0.274. The second-order valence-electron chi connectivity index (χ2n) is 12.7. The van der Waals surface area contributed by atoms with Crippen molar-refractivity contribution in [3.05, 3.63) is 11.6 Å². The van der Waals surface area contributed by atoms with Gasteiger partial charge in [0, 0.05) is 7.11 Å². The first-order chi connectivity index (χ1) is 14.8. The van der Waals surface area contributed by atoms with E-state index in [9.17, 15) is 0 Å². The lowest BCUT2D eigenvalue weighted by molar-refractivity contribution is -0.0837. The molecular weight excluding hydrogens is 380 g/mol. The first-order valence-corrected chi connectivity index (χ1v) is 13.6. The number of allylic oxidation sites excluding steroid dienone is 1. The Bertz CT molecular complexity index is 639. The molecule has 0 radical (unpaired) electrons. The van der Waals surface area contributed by atoms with Crippen LogP contribution in [0, 0.1) is 46.3 Å². The van der Waals surface area contributed by atoms with Crippen molar-refractivity contribution in [2.24, 2.45) is 46.3 Å². The van der Waals surface area contributed by atoms with E-state index in [4.69, 9.17) is 9.47 Å². The zero-order valence-corrected chi connectivity index (χ0v) is 21.4. The van der Waals surface area contributed by atoms with Crippen LogP contribution in [0.2, 0.25) is 0 Å². The molecule has 0 heterocycles. The predicted molar refractivity (Wildman–Crippen MR) is 130 cm³/mol. The van der Waals surface area contributed by atoms with Gasteiger partial charge in [-0.2, -0.15) is 0 Å². The first kappa shape index (κ1) is 23.8. The van der Waals surface area contributed by atoms with Gasteiger partial charge in [0.1, 0.15) is 6.79 Å². The summed E-state index contributed by atoms with van der Waals surface area (Å²) < 4.78 is 11.1. The summed E-state index contributed by atoms with van der Waals surface area (Å²) in [5.74, 6) is 5.58. The van der Waals surface area contributed by atoms with Gasteiger partial charge < -0.3 is 9.47 Å². The van der Waals surface area contributed by atoms with Crippen LogP contribution in [0.15, 0.2) is 11.6 Å². The van der Waals surface area contributed by atoms with Crippen molar-refractivity contribution in [3.63, 3.8) is 0 Å². The van der Waals surface area contributed by atoms with Gasteiger partial charge >= 0.3 is 0 Å². The Balaban J connectivity index is 1.45. The van der Waals surface area contributed by atoms with E-state index in [2.05, 4.69) is 40.7 Å². The van der Waals surface area contributed by atoms with Gasteiger partial charge in [0.2, 0.25) is 0 Å². The van der Waals surface area contributed by atoms with Crippen LogP contribution in [-0.4, -0.2) is 20.0 Å². The molecule has 0 aromatic rings. The molecular formula is C29H50O2. The summed E-state index contributed by atoms with van der Waals surface area (Å²) in [4.78, 5) is 0. The molecule has 8 unspecified atom stereocenters. The van der Waals surface area contributed by atoms with Gasteiger partial charge in [-0.3, -0.25) is 0 Å². The van der Waals surface area contributed by atoms with Crippen LogP contribution in [0.1, 0.15) is 105 Å². The lowest BCUT2D eigenvalue weighted by Gasteiger charge is -2.59. The molecule has 0 amide bonds. The van der Waals surface area contributed by atoms with Crippen LogP contribution in [0.4, 0.5) is 0 Å². The predicted octanol–water partition coefficient (Wildman–Crippen LogP) is 8.02. The maximum Gasteiger partial charge on any atom is 0.147 e. The van der Waals surface area contributed by atoms with Crippen LogP contribution in [0.25, 0.3) is 0 Å². The Morgan fingerprint density at radius 2 is 1.77 bits per heavy atom. The minimum atomic E-state index is 0.274. The van der Waals surface area contributed by atoms with E-state index < -0.39 is 0 Å². The fourth-order valence-electron chi connectivity index (χ4n) is 9.01. The molecule has 4 aliphatic rings. The largest absolute Gasteiger partial charge is 0.359 e. The molecule has 3 fully saturated rings. The molecule has 0 aromatic heterocycles. The summed E-state index contributed by atoms with van der Waals surface area (Å²) in [5.41, 5.74) is 2.76. The monoisotopic (exact) mass is 430 g/mol. The highest BCUT2D eigenvalue weighted by Crippen LogP contribution is 2.67. The third-order valence-corrected chi connectivity index (χ3v) is 10.7. The van der Waals surface area contributed by atoms with Gasteiger partial charge in [-0.15, -0.1) is 0 Å². The van der Waals surface area contributed by atoms with Crippen molar-refractivity contribution in [2.75, 3.05) is 13.9 Å². The second-order valence-corrected chi connectivity index (χ2v) is 12.7. The summed E-state index contributed by atoms with van der Waals surface area (Å²) in [6, 6.07) is 0. The highest BCUT2D eigenvalue weighted by molar-refractivity contribution is 5.25. The Morgan fingerprint density at radius 1 is 0.968 bits per heavy atom. The van der Waals surface area contributed by atoms with Gasteiger partial charge in [-0.05, 0) is 97.7 Å². The maximum absolute atomic E-state index is 5.94. The second kappa shape index (κ2) is 9.49. The average molecular weight is 431 g/mol. The standard InChI is InChI=1S/C29H50O2/c1-20(2)8-7-9-21(3)25-12-13-26-24-11-10-22-18-23(31-19-30-6)14-16-28(22,4)27(24)15-17-29(25,26)5/h18,20-21,23-27H,7-17,19H2,1-6H3. The van der Waals surface area contributed by atoms with Gasteiger partial charge in [0.15, 0.2) is 0 Å². The maximum atomic E-state index is 5.94. The molecule has 0 aromatic carbocycles. The van der Waals surface area contributed by atoms with Crippen molar-refractivity contribution in [2.45, 2.75) is 111 Å². The van der Waals surface area contributed by atoms with Crippen LogP contribution in [0.5, 0.6) is 0 Å². The Morgan fingerprint density at radius 3 is 2.52 bits per heavy atom. The molecule has 3 saturated carbocycles. The zero-order chi connectivity index (χ0) is 22.2. The van der Waals surface area contributed by atoms with E-state index in [0.717, 1.165) is 35.5 Å². The SMILES string of the molecule is COCOC1C=C2CCC3C(CCC4(C)C(C(C)CCCC(C)C)CCC34)C2(C)CC1. The normalized spacial score (nSPS) is 43.2. The van der Waals surface area contributed by atoms with Crippen LogP contribution >= 0.6 is 0 Å². The summed E-state index contributed by atoms with van der Waals surface area (Å²) >= 11 is 0. The zero-order valence-electron chi connectivity index (χ0n) is 21.4. The molecule has 4 aliphatic carbocycles. The highest BCUT2D eigenvalue weighted by Gasteiger charge is 2.59. The van der Waals surface area contributed by atoms with Crippen LogP contribution in [0.3, 0.4) is 0 Å². The van der Waals surface area contributed by atoms with Crippen molar-refractivity contribution < 1.29 is 9.47 Å². The van der Waals surface area contributed by atoms with Crippen molar-refractivity contribution >= 4 is 0 Å². The lowest BCUT2D eigenvalue weighted by Crippen LogP contribution is -2.51. The molecule has 0 saturated heterocycles. The molecule has 178 valence electrons. The Labute approximate surface area is 192 Å². The molecule has 0 N–H and O–H groups in total. The van der Waals surface area contributed by atoms with E-state index in [1.807, 2.05) is 0 Å². The topological polar surface area (TPSA) is 18.5 Å². The fraction of sp³-hybridized carbons (Fsp3) is 0.931. The van der Waals surface area contributed by atoms with Crippen LogP contribution < -0.4 is 0 Å². The molecule has 2 heteroatoms. The number of hydrogen-bond acceptors (Lipinski definition) is 2. The Kier molecular flexibility index (Phi) is 7.29. The molecule has 8 atom stereocenters. The van der Waals surface area contributed by atoms with Crippen molar-refractivity contribution in [1.29, 1.82) is 0 Å². The van der Waals surface area contributed by atoms with Crippen LogP contribution in [-0.2, 0) is 9.47 Å². The average Bonchev–Trinajstić information content (AvgIpc) is 3.09. The fourth-order valence-corrected chi connectivity index (χ4v) is 9.01. The number of rotatable bonds is 8. The summed E-state index contributed by atoms with van der Waals surface area (Å²) in [5, 5.41) is 0. The highest BCUT2D eigenvalue weighted by atomic mass is 16.7. The third kappa shape index (κ3) is 4.42. The Hall–Kier alpha value is -0.340. The molecule has 31 heavy (non-hydrogen) atoms. The van der Waals surface area contributed by atoms with E-state index in [1.54, 1.807) is 12.7 Å². The summed E-state index contributed by atoms with van der Waals surface area (Å²) in [7, 11) is 1.73. The number of hydrogen-bond donors (Lipinski definition) is 0. The molecule has 4 rings (SSSR count). The van der Waals surface area contributed by atoms with Gasteiger partial charge in [-0.25, -0.2) is 0 Å². The summed E-state index contributed by atoms with van der Waals surface area (Å²) in [6.45, 7) is 13.1. The van der Waals surface area contributed by atoms with E-state index >= 15 is 0 Å². The third-order valence-electron chi connectivity index (χ3n) is 10.7. The number of methoxy groups -OCH3 is 1. The summed E-state index contributed by atoms with van der Waals surface area (Å²) in [6.07, 6.45) is 18.2. The number of ether oxygens (including phenoxy) is 2.